The van der Waals surface area contributed by atoms with E-state index in [9.17, 15) is 0 Å². The van der Waals surface area contributed by atoms with Crippen LogP contribution in [0.3, 0.4) is 0 Å². The van der Waals surface area contributed by atoms with Crippen LogP contribution in [0.15, 0.2) is 12.1 Å². The summed E-state index contributed by atoms with van der Waals surface area (Å²) >= 11 is 4.10. The maximum Gasteiger partial charge on any atom is 0.148 e. The first-order valence-electron chi connectivity index (χ1n) is 5.08. The van der Waals surface area contributed by atoms with Crippen LogP contribution in [-0.4, -0.2) is 39.3 Å². The Morgan fingerprint density at radius 3 is 3.00 bits per heavy atom. The van der Waals surface area contributed by atoms with E-state index in [-0.39, 0.29) is 0 Å². The van der Waals surface area contributed by atoms with Crippen LogP contribution < -0.4 is 5.32 Å². The normalized spacial score (nSPS) is 21.3. The Morgan fingerprint density at radius 1 is 1.40 bits per heavy atom. The van der Waals surface area contributed by atoms with E-state index in [0.29, 0.717) is 5.25 Å². The van der Waals surface area contributed by atoms with Gasteiger partial charge in [0.15, 0.2) is 0 Å². The van der Waals surface area contributed by atoms with Crippen LogP contribution >= 0.6 is 23.5 Å². The second-order valence-corrected chi connectivity index (χ2v) is 6.07. The van der Waals surface area contributed by atoms with Crippen molar-refractivity contribution in [1.29, 1.82) is 0 Å². The molecule has 0 aliphatic carbocycles. The predicted octanol–water partition coefficient (Wildman–Crippen LogP) is 2.05. The van der Waals surface area contributed by atoms with Gasteiger partial charge in [0, 0.05) is 29.1 Å². The zero-order valence-corrected chi connectivity index (χ0v) is 10.4. The van der Waals surface area contributed by atoms with Crippen molar-refractivity contribution in [2.24, 2.45) is 0 Å². The number of nitrogens with one attached hydrogen (secondary N) is 1. The average molecular weight is 241 g/mol. The van der Waals surface area contributed by atoms with Gasteiger partial charge in [-0.3, -0.25) is 0 Å². The summed E-state index contributed by atoms with van der Waals surface area (Å²) in [5.74, 6) is 4.70. The third-order valence-corrected chi connectivity index (χ3v) is 5.04. The van der Waals surface area contributed by atoms with Gasteiger partial charge >= 0.3 is 0 Å². The monoisotopic (exact) mass is 241 g/mol. The molecule has 1 aliphatic rings. The van der Waals surface area contributed by atoms with Gasteiger partial charge in [0.2, 0.25) is 0 Å². The summed E-state index contributed by atoms with van der Waals surface area (Å²) in [4.78, 5) is 0. The molecule has 15 heavy (non-hydrogen) atoms. The van der Waals surface area contributed by atoms with Crippen molar-refractivity contribution in [1.82, 2.24) is 10.2 Å². The Hall–Kier alpha value is -0.420. The van der Waals surface area contributed by atoms with E-state index in [1.54, 1.807) is 0 Å². The minimum atomic E-state index is 0.715. The molecule has 1 aromatic rings. The smallest absolute Gasteiger partial charge is 0.148 e. The van der Waals surface area contributed by atoms with Gasteiger partial charge in [-0.25, -0.2) is 0 Å². The molecule has 1 atom stereocenters. The zero-order chi connectivity index (χ0) is 10.5. The van der Waals surface area contributed by atoms with E-state index in [4.69, 9.17) is 0 Å². The summed E-state index contributed by atoms with van der Waals surface area (Å²) < 4.78 is 0. The predicted molar refractivity (Wildman–Crippen MR) is 68.8 cm³/mol. The fourth-order valence-electron chi connectivity index (χ4n) is 1.37. The van der Waals surface area contributed by atoms with E-state index in [1.807, 2.05) is 30.8 Å². The average Bonchev–Trinajstić information content (AvgIpc) is 2.30. The van der Waals surface area contributed by atoms with Crippen molar-refractivity contribution in [2.75, 3.05) is 29.1 Å². The second-order valence-electron chi connectivity index (χ2n) is 3.51. The van der Waals surface area contributed by atoms with Crippen molar-refractivity contribution in [2.45, 2.75) is 12.2 Å². The number of hydrogen-bond acceptors (Lipinski definition) is 5. The highest BCUT2D eigenvalue weighted by atomic mass is 32.2. The molecule has 1 aromatic heterocycles. The highest BCUT2D eigenvalue weighted by molar-refractivity contribution is 8.06. The van der Waals surface area contributed by atoms with Crippen LogP contribution in [0.5, 0.6) is 0 Å². The summed E-state index contributed by atoms with van der Waals surface area (Å²) in [6, 6.07) is 3.97. The largest absolute Gasteiger partial charge is 0.367 e. The molecule has 3 nitrogen and oxygen atoms in total. The molecule has 1 N–H and O–H groups in total. The van der Waals surface area contributed by atoms with Gasteiger partial charge in [-0.05, 0) is 19.1 Å². The van der Waals surface area contributed by atoms with Gasteiger partial charge in [0.25, 0.3) is 0 Å². The summed E-state index contributed by atoms with van der Waals surface area (Å²) in [6.07, 6.45) is 0. The van der Waals surface area contributed by atoms with Crippen LogP contribution in [0.25, 0.3) is 0 Å². The number of rotatable bonds is 3. The van der Waals surface area contributed by atoms with E-state index in [1.165, 1.54) is 17.3 Å². The summed E-state index contributed by atoms with van der Waals surface area (Å²) in [5.41, 5.74) is 0.961. The van der Waals surface area contributed by atoms with Crippen LogP contribution in [0.4, 0.5) is 5.82 Å². The SMILES string of the molecule is Cc1ccc(NCC2CSCCS2)nn1. The first kappa shape index (κ1) is 11.1. The Balaban J connectivity index is 1.79. The van der Waals surface area contributed by atoms with Crippen molar-refractivity contribution in [3.63, 3.8) is 0 Å². The molecule has 1 fully saturated rings. The topological polar surface area (TPSA) is 37.8 Å². The minimum Gasteiger partial charge on any atom is -0.367 e. The molecule has 0 amide bonds. The lowest BCUT2D eigenvalue weighted by molar-refractivity contribution is 0.941. The molecule has 0 bridgehead atoms. The molecule has 5 heteroatoms. The summed E-state index contributed by atoms with van der Waals surface area (Å²) in [7, 11) is 0. The lowest BCUT2D eigenvalue weighted by Crippen LogP contribution is -2.23. The van der Waals surface area contributed by atoms with Crippen LogP contribution in [-0.2, 0) is 0 Å². The van der Waals surface area contributed by atoms with Gasteiger partial charge in [-0.2, -0.15) is 28.6 Å². The Morgan fingerprint density at radius 2 is 2.33 bits per heavy atom. The molecular weight excluding hydrogens is 226 g/mol. The first-order valence-corrected chi connectivity index (χ1v) is 7.28. The third-order valence-electron chi connectivity index (χ3n) is 2.19. The standard InChI is InChI=1S/C10H15N3S2/c1-8-2-3-10(13-12-8)11-6-9-7-14-4-5-15-9/h2-3,9H,4-7H2,1H3,(H,11,13). The fraction of sp³-hybridized carbons (Fsp3) is 0.600. The molecule has 0 radical (unpaired) electrons. The zero-order valence-electron chi connectivity index (χ0n) is 8.77. The van der Waals surface area contributed by atoms with E-state index in [2.05, 4.69) is 27.3 Å². The second kappa shape index (κ2) is 5.61. The van der Waals surface area contributed by atoms with E-state index in [0.717, 1.165) is 18.1 Å². The highest BCUT2D eigenvalue weighted by Crippen LogP contribution is 2.23. The van der Waals surface area contributed by atoms with Crippen LogP contribution in [0, 0.1) is 6.92 Å². The molecule has 0 aromatic carbocycles. The van der Waals surface area contributed by atoms with E-state index < -0.39 is 0 Å². The molecule has 1 aliphatic heterocycles. The molecule has 2 rings (SSSR count). The number of anilines is 1. The molecule has 82 valence electrons. The van der Waals surface area contributed by atoms with Gasteiger partial charge in [-0.1, -0.05) is 0 Å². The van der Waals surface area contributed by atoms with Crippen LogP contribution in [0.1, 0.15) is 5.69 Å². The summed E-state index contributed by atoms with van der Waals surface area (Å²) in [5, 5.41) is 12.2. The van der Waals surface area contributed by atoms with Gasteiger partial charge in [0.05, 0.1) is 5.69 Å². The van der Waals surface area contributed by atoms with Crippen molar-refractivity contribution in [3.8, 4) is 0 Å². The van der Waals surface area contributed by atoms with Crippen molar-refractivity contribution >= 4 is 29.3 Å². The maximum absolute atomic E-state index is 4.09. The number of nitrogens with zero attached hydrogens (tertiary/aromatic N) is 2. The Kier molecular flexibility index (Phi) is 4.14. The van der Waals surface area contributed by atoms with Crippen LogP contribution in [0.2, 0.25) is 0 Å². The maximum atomic E-state index is 4.09. The highest BCUT2D eigenvalue weighted by Gasteiger charge is 2.13. The number of thioether (sulfide) groups is 2. The van der Waals surface area contributed by atoms with Gasteiger partial charge in [0.1, 0.15) is 5.82 Å². The lowest BCUT2D eigenvalue weighted by Gasteiger charge is -2.21. The molecule has 1 saturated heterocycles. The Bertz CT molecular complexity index is 296. The lowest BCUT2D eigenvalue weighted by atomic mass is 10.4. The molecular formula is C10H15N3S2. The third kappa shape index (κ3) is 3.57. The number of aromatic nitrogens is 2. The van der Waals surface area contributed by atoms with E-state index >= 15 is 0 Å². The minimum absolute atomic E-state index is 0.715. The number of hydrogen-bond donors (Lipinski definition) is 1. The summed E-state index contributed by atoms with van der Waals surface area (Å²) in [6.45, 7) is 2.94. The molecule has 0 saturated carbocycles. The fourth-order valence-corrected chi connectivity index (χ4v) is 3.98. The number of aryl methyl sites for hydroxylation is 1. The first-order chi connectivity index (χ1) is 7.34. The van der Waals surface area contributed by atoms with Crippen molar-refractivity contribution < 1.29 is 0 Å². The van der Waals surface area contributed by atoms with Gasteiger partial charge in [-0.15, -0.1) is 5.10 Å². The van der Waals surface area contributed by atoms with Crippen molar-refractivity contribution in [3.05, 3.63) is 17.8 Å². The molecule has 2 heterocycles. The quantitative estimate of drug-likeness (QED) is 0.876. The Labute approximate surface area is 98.8 Å². The van der Waals surface area contributed by atoms with Gasteiger partial charge < -0.3 is 5.32 Å². The molecule has 0 spiro atoms. The molecule has 1 unspecified atom stereocenters.